The first-order chi connectivity index (χ1) is 8.91. The van der Waals surface area contributed by atoms with Crippen molar-refractivity contribution in [3.63, 3.8) is 0 Å². The number of nitrogen functional groups attached to an aromatic ring is 1. The first-order valence-corrected chi connectivity index (χ1v) is 6.10. The Kier molecular flexibility index (Phi) is 3.53. The van der Waals surface area contributed by atoms with Crippen molar-refractivity contribution in [2.75, 3.05) is 12.8 Å². The third-order valence-corrected chi connectivity index (χ3v) is 2.97. The Morgan fingerprint density at radius 1 is 1.32 bits per heavy atom. The van der Waals surface area contributed by atoms with E-state index in [9.17, 15) is 0 Å². The van der Waals surface area contributed by atoms with Gasteiger partial charge >= 0.3 is 0 Å². The lowest BCUT2D eigenvalue weighted by atomic mass is 10.1. The van der Waals surface area contributed by atoms with Crippen LogP contribution < -0.4 is 5.73 Å². The largest absolute Gasteiger partial charge is 0.399 e. The van der Waals surface area contributed by atoms with E-state index in [-0.39, 0.29) is 5.60 Å². The average molecular weight is 261 g/mol. The second kappa shape index (κ2) is 4.97. The van der Waals surface area contributed by atoms with Gasteiger partial charge in [0, 0.05) is 18.4 Å². The highest BCUT2D eigenvalue weighted by Gasteiger charge is 2.21. The molecule has 2 rings (SSSR count). The van der Waals surface area contributed by atoms with Crippen molar-refractivity contribution in [1.29, 1.82) is 0 Å². The standard InChI is InChI=1S/C13H19N5O/c1-9-5-10(7-11(14)6-9)12-15-16-17-18(12)8-13(2,3)19-4/h5-7H,8,14H2,1-4H3. The van der Waals surface area contributed by atoms with E-state index in [1.165, 1.54) is 0 Å². The lowest BCUT2D eigenvalue weighted by Gasteiger charge is -2.22. The van der Waals surface area contributed by atoms with Crippen molar-refractivity contribution >= 4 is 5.69 Å². The number of nitrogens with zero attached hydrogens (tertiary/aromatic N) is 4. The van der Waals surface area contributed by atoms with E-state index in [1.807, 2.05) is 39.0 Å². The summed E-state index contributed by atoms with van der Waals surface area (Å²) >= 11 is 0. The van der Waals surface area contributed by atoms with Crippen LogP contribution in [0.3, 0.4) is 0 Å². The number of rotatable bonds is 4. The summed E-state index contributed by atoms with van der Waals surface area (Å²) in [6.07, 6.45) is 0. The fourth-order valence-electron chi connectivity index (χ4n) is 1.88. The van der Waals surface area contributed by atoms with E-state index in [0.717, 1.165) is 11.1 Å². The molecule has 0 spiro atoms. The molecule has 0 aliphatic heterocycles. The summed E-state index contributed by atoms with van der Waals surface area (Å²) in [6, 6.07) is 5.80. The molecule has 2 N–H and O–H groups in total. The number of hydrogen-bond acceptors (Lipinski definition) is 5. The summed E-state index contributed by atoms with van der Waals surface area (Å²) in [4.78, 5) is 0. The highest BCUT2D eigenvalue weighted by Crippen LogP contribution is 2.22. The van der Waals surface area contributed by atoms with Crippen LogP contribution in [0.1, 0.15) is 19.4 Å². The lowest BCUT2D eigenvalue weighted by Crippen LogP contribution is -2.30. The molecule has 0 aliphatic rings. The molecule has 0 fully saturated rings. The summed E-state index contributed by atoms with van der Waals surface area (Å²) in [7, 11) is 1.68. The molecule has 0 bridgehead atoms. The van der Waals surface area contributed by atoms with Gasteiger partial charge in [0.1, 0.15) is 0 Å². The molecule has 1 aromatic heterocycles. The van der Waals surface area contributed by atoms with Gasteiger partial charge in [0.15, 0.2) is 5.82 Å². The molecule has 1 heterocycles. The third kappa shape index (κ3) is 3.08. The maximum atomic E-state index is 5.87. The summed E-state index contributed by atoms with van der Waals surface area (Å²) < 4.78 is 7.14. The van der Waals surface area contributed by atoms with Gasteiger partial charge in [-0.1, -0.05) is 0 Å². The number of aromatic nitrogens is 4. The Balaban J connectivity index is 2.39. The maximum Gasteiger partial charge on any atom is 0.182 e. The van der Waals surface area contributed by atoms with Crippen molar-refractivity contribution in [3.8, 4) is 11.4 Å². The molecule has 0 saturated heterocycles. The fraction of sp³-hybridized carbons (Fsp3) is 0.462. The summed E-state index contributed by atoms with van der Waals surface area (Å²) in [6.45, 7) is 6.54. The van der Waals surface area contributed by atoms with Gasteiger partial charge in [-0.05, 0) is 55.0 Å². The number of anilines is 1. The van der Waals surface area contributed by atoms with E-state index >= 15 is 0 Å². The molecule has 0 atom stereocenters. The normalized spacial score (nSPS) is 11.8. The van der Waals surface area contributed by atoms with Crippen LogP contribution in [0.5, 0.6) is 0 Å². The SMILES string of the molecule is COC(C)(C)Cn1nnnc1-c1cc(C)cc(N)c1. The van der Waals surface area contributed by atoms with Gasteiger partial charge in [-0.2, -0.15) is 0 Å². The van der Waals surface area contributed by atoms with Gasteiger partial charge in [0.25, 0.3) is 0 Å². The number of aryl methyl sites for hydroxylation is 1. The zero-order valence-corrected chi connectivity index (χ0v) is 11.7. The van der Waals surface area contributed by atoms with E-state index < -0.39 is 0 Å². The number of methoxy groups -OCH3 is 1. The molecule has 102 valence electrons. The van der Waals surface area contributed by atoms with Crippen LogP contribution in [-0.2, 0) is 11.3 Å². The minimum Gasteiger partial charge on any atom is -0.399 e. The van der Waals surface area contributed by atoms with Crippen LogP contribution in [-0.4, -0.2) is 32.9 Å². The molecular formula is C13H19N5O. The quantitative estimate of drug-likeness (QED) is 0.847. The molecule has 0 radical (unpaired) electrons. The zero-order valence-electron chi connectivity index (χ0n) is 11.7. The van der Waals surface area contributed by atoms with Gasteiger partial charge < -0.3 is 10.5 Å². The fourth-order valence-corrected chi connectivity index (χ4v) is 1.88. The lowest BCUT2D eigenvalue weighted by molar-refractivity contribution is 0.00539. The molecule has 0 saturated carbocycles. The third-order valence-electron chi connectivity index (χ3n) is 2.97. The first-order valence-electron chi connectivity index (χ1n) is 6.10. The second-order valence-corrected chi connectivity index (χ2v) is 5.26. The van der Waals surface area contributed by atoms with Crippen molar-refractivity contribution in [2.24, 2.45) is 0 Å². The Morgan fingerprint density at radius 2 is 2.05 bits per heavy atom. The van der Waals surface area contributed by atoms with Crippen LogP contribution in [0.4, 0.5) is 5.69 Å². The van der Waals surface area contributed by atoms with E-state index in [1.54, 1.807) is 11.8 Å². The number of benzene rings is 1. The predicted molar refractivity (Wildman–Crippen MR) is 73.5 cm³/mol. The van der Waals surface area contributed by atoms with Gasteiger partial charge in [-0.15, -0.1) is 5.10 Å². The Bertz CT molecular complexity index is 556. The maximum absolute atomic E-state index is 5.87. The van der Waals surface area contributed by atoms with Crippen molar-refractivity contribution in [3.05, 3.63) is 23.8 Å². The van der Waals surface area contributed by atoms with Gasteiger partial charge in [0.05, 0.1) is 12.1 Å². The van der Waals surface area contributed by atoms with Crippen LogP contribution in [0.15, 0.2) is 18.2 Å². The van der Waals surface area contributed by atoms with Crippen molar-refractivity contribution < 1.29 is 4.74 Å². The topological polar surface area (TPSA) is 78.8 Å². The molecule has 6 nitrogen and oxygen atoms in total. The zero-order chi connectivity index (χ0) is 14.0. The summed E-state index contributed by atoms with van der Waals surface area (Å²) in [5.74, 6) is 0.695. The highest BCUT2D eigenvalue weighted by molar-refractivity contribution is 5.62. The van der Waals surface area contributed by atoms with Crippen LogP contribution >= 0.6 is 0 Å². The van der Waals surface area contributed by atoms with Gasteiger partial charge in [-0.25, -0.2) is 4.68 Å². The molecule has 2 aromatic rings. The van der Waals surface area contributed by atoms with Crippen LogP contribution in [0.2, 0.25) is 0 Å². The monoisotopic (exact) mass is 261 g/mol. The number of hydrogen-bond donors (Lipinski definition) is 1. The molecule has 6 heteroatoms. The highest BCUT2D eigenvalue weighted by atomic mass is 16.5. The van der Waals surface area contributed by atoms with Crippen LogP contribution in [0, 0.1) is 6.92 Å². The van der Waals surface area contributed by atoms with E-state index in [2.05, 4.69) is 15.5 Å². The predicted octanol–water partition coefficient (Wildman–Crippen LogP) is 1.66. The van der Waals surface area contributed by atoms with Crippen molar-refractivity contribution in [2.45, 2.75) is 32.9 Å². The minimum atomic E-state index is -0.334. The molecule has 0 unspecified atom stereocenters. The molecule has 0 aliphatic carbocycles. The molecular weight excluding hydrogens is 242 g/mol. The van der Waals surface area contributed by atoms with Crippen LogP contribution in [0.25, 0.3) is 11.4 Å². The first kappa shape index (κ1) is 13.5. The van der Waals surface area contributed by atoms with Gasteiger partial charge in [0.2, 0.25) is 0 Å². The second-order valence-electron chi connectivity index (χ2n) is 5.26. The number of tetrazole rings is 1. The minimum absolute atomic E-state index is 0.334. The average Bonchev–Trinajstić information content (AvgIpc) is 2.75. The molecule has 0 amide bonds. The smallest absolute Gasteiger partial charge is 0.182 e. The van der Waals surface area contributed by atoms with E-state index in [0.29, 0.717) is 18.1 Å². The van der Waals surface area contributed by atoms with Gasteiger partial charge in [-0.3, -0.25) is 0 Å². The molecule has 19 heavy (non-hydrogen) atoms. The number of ether oxygens (including phenoxy) is 1. The summed E-state index contributed by atoms with van der Waals surface area (Å²) in [5, 5.41) is 11.8. The Morgan fingerprint density at radius 3 is 2.68 bits per heavy atom. The van der Waals surface area contributed by atoms with Crippen molar-refractivity contribution in [1.82, 2.24) is 20.2 Å². The summed E-state index contributed by atoms with van der Waals surface area (Å²) in [5.41, 5.74) is 8.23. The Labute approximate surface area is 112 Å². The Hall–Kier alpha value is -1.95. The van der Waals surface area contributed by atoms with E-state index in [4.69, 9.17) is 10.5 Å². The molecule has 1 aromatic carbocycles. The number of nitrogens with two attached hydrogens (primary N) is 1.